The standard InChI is InChI=1S/C17H18/c1-3-17(2)15-10-6-4-8-13(15)12-14-9-5-7-11-16(14)17/h4-11H,3,12H2,1-2H3. The Morgan fingerprint density at radius 1 is 0.882 bits per heavy atom. The molecular weight excluding hydrogens is 204 g/mol. The minimum absolute atomic E-state index is 0.186. The van der Waals surface area contributed by atoms with Crippen molar-refractivity contribution in [2.75, 3.05) is 0 Å². The molecule has 0 fully saturated rings. The number of rotatable bonds is 1. The van der Waals surface area contributed by atoms with Gasteiger partial charge in [-0.05, 0) is 35.1 Å². The second-order valence-corrected chi connectivity index (χ2v) is 5.18. The zero-order chi connectivity index (χ0) is 11.9. The molecule has 0 aromatic heterocycles. The van der Waals surface area contributed by atoms with Crippen molar-refractivity contribution >= 4 is 0 Å². The van der Waals surface area contributed by atoms with Crippen molar-refractivity contribution in [2.45, 2.75) is 32.1 Å². The van der Waals surface area contributed by atoms with Gasteiger partial charge >= 0.3 is 0 Å². The normalized spacial score (nSPS) is 16.1. The van der Waals surface area contributed by atoms with Crippen molar-refractivity contribution in [3.05, 3.63) is 70.8 Å². The molecule has 0 spiro atoms. The van der Waals surface area contributed by atoms with E-state index in [1.54, 1.807) is 0 Å². The zero-order valence-corrected chi connectivity index (χ0v) is 10.5. The average Bonchev–Trinajstić information content (AvgIpc) is 2.39. The molecule has 0 aliphatic heterocycles. The molecule has 0 radical (unpaired) electrons. The Balaban J connectivity index is 2.28. The maximum atomic E-state index is 2.38. The highest BCUT2D eigenvalue weighted by molar-refractivity contribution is 5.52. The highest BCUT2D eigenvalue weighted by Gasteiger charge is 2.34. The van der Waals surface area contributed by atoms with Gasteiger partial charge in [-0.1, -0.05) is 62.4 Å². The van der Waals surface area contributed by atoms with Crippen LogP contribution >= 0.6 is 0 Å². The summed E-state index contributed by atoms with van der Waals surface area (Å²) in [5.74, 6) is 0. The van der Waals surface area contributed by atoms with Gasteiger partial charge in [0, 0.05) is 5.41 Å². The molecule has 0 saturated carbocycles. The molecule has 0 unspecified atom stereocenters. The highest BCUT2D eigenvalue weighted by atomic mass is 14.4. The Morgan fingerprint density at radius 2 is 1.35 bits per heavy atom. The van der Waals surface area contributed by atoms with Crippen molar-refractivity contribution in [3.63, 3.8) is 0 Å². The Morgan fingerprint density at radius 3 is 1.82 bits per heavy atom. The minimum atomic E-state index is 0.186. The maximum Gasteiger partial charge on any atom is 0.0177 e. The smallest absolute Gasteiger partial charge is 0.0177 e. The molecule has 0 bridgehead atoms. The van der Waals surface area contributed by atoms with Gasteiger partial charge in [0.2, 0.25) is 0 Å². The first-order valence-corrected chi connectivity index (χ1v) is 6.42. The van der Waals surface area contributed by atoms with Crippen LogP contribution in [0.3, 0.4) is 0 Å². The lowest BCUT2D eigenvalue weighted by Crippen LogP contribution is -2.29. The van der Waals surface area contributed by atoms with Gasteiger partial charge in [-0.15, -0.1) is 0 Å². The van der Waals surface area contributed by atoms with E-state index in [9.17, 15) is 0 Å². The van der Waals surface area contributed by atoms with Gasteiger partial charge in [0.05, 0.1) is 0 Å². The van der Waals surface area contributed by atoms with E-state index in [0.29, 0.717) is 0 Å². The molecular formula is C17H18. The fraction of sp³-hybridized carbons (Fsp3) is 0.294. The third-order valence-corrected chi connectivity index (χ3v) is 4.31. The van der Waals surface area contributed by atoms with Gasteiger partial charge in [-0.3, -0.25) is 0 Å². The number of fused-ring (bicyclic) bond motifs is 2. The van der Waals surface area contributed by atoms with E-state index >= 15 is 0 Å². The van der Waals surface area contributed by atoms with Gasteiger partial charge < -0.3 is 0 Å². The monoisotopic (exact) mass is 222 g/mol. The van der Waals surface area contributed by atoms with Crippen LogP contribution in [0.15, 0.2) is 48.5 Å². The van der Waals surface area contributed by atoms with E-state index in [1.165, 1.54) is 22.3 Å². The predicted molar refractivity (Wildman–Crippen MR) is 72.4 cm³/mol. The van der Waals surface area contributed by atoms with Crippen LogP contribution in [0.2, 0.25) is 0 Å². The van der Waals surface area contributed by atoms with Crippen LogP contribution in [0.5, 0.6) is 0 Å². The molecule has 2 aromatic carbocycles. The number of hydrogen-bond donors (Lipinski definition) is 0. The highest BCUT2D eigenvalue weighted by Crippen LogP contribution is 2.43. The second kappa shape index (κ2) is 3.73. The van der Waals surface area contributed by atoms with Crippen molar-refractivity contribution in [2.24, 2.45) is 0 Å². The maximum absolute atomic E-state index is 2.38. The van der Waals surface area contributed by atoms with Gasteiger partial charge in [0.25, 0.3) is 0 Å². The molecule has 86 valence electrons. The first-order valence-electron chi connectivity index (χ1n) is 6.42. The van der Waals surface area contributed by atoms with Gasteiger partial charge in [0.1, 0.15) is 0 Å². The van der Waals surface area contributed by atoms with Crippen LogP contribution in [0.25, 0.3) is 0 Å². The molecule has 0 N–H and O–H groups in total. The van der Waals surface area contributed by atoms with Crippen molar-refractivity contribution < 1.29 is 0 Å². The van der Waals surface area contributed by atoms with Crippen LogP contribution in [0.1, 0.15) is 42.5 Å². The molecule has 0 amide bonds. The lowest BCUT2D eigenvalue weighted by molar-refractivity contribution is 0.529. The molecule has 0 atom stereocenters. The van der Waals surface area contributed by atoms with Crippen LogP contribution in [-0.2, 0) is 11.8 Å². The molecule has 2 aromatic rings. The van der Waals surface area contributed by atoms with Crippen LogP contribution in [-0.4, -0.2) is 0 Å². The first kappa shape index (κ1) is 10.6. The Kier molecular flexibility index (Phi) is 2.32. The number of benzene rings is 2. The molecule has 0 nitrogen and oxygen atoms in total. The van der Waals surface area contributed by atoms with E-state index in [2.05, 4.69) is 62.4 Å². The third-order valence-electron chi connectivity index (χ3n) is 4.31. The first-order chi connectivity index (χ1) is 8.25. The quantitative estimate of drug-likeness (QED) is 0.674. The predicted octanol–water partition coefficient (Wildman–Crippen LogP) is 4.31. The van der Waals surface area contributed by atoms with E-state index in [0.717, 1.165) is 12.8 Å². The fourth-order valence-electron chi connectivity index (χ4n) is 3.16. The summed E-state index contributed by atoms with van der Waals surface area (Å²) in [7, 11) is 0. The van der Waals surface area contributed by atoms with E-state index in [4.69, 9.17) is 0 Å². The molecule has 17 heavy (non-hydrogen) atoms. The lowest BCUT2D eigenvalue weighted by atomic mass is 9.66. The lowest BCUT2D eigenvalue weighted by Gasteiger charge is -2.37. The average molecular weight is 222 g/mol. The summed E-state index contributed by atoms with van der Waals surface area (Å²) in [6, 6.07) is 17.8. The summed E-state index contributed by atoms with van der Waals surface area (Å²) in [5.41, 5.74) is 6.21. The fourth-order valence-corrected chi connectivity index (χ4v) is 3.16. The topological polar surface area (TPSA) is 0 Å². The van der Waals surface area contributed by atoms with E-state index in [1.807, 2.05) is 0 Å². The van der Waals surface area contributed by atoms with E-state index in [-0.39, 0.29) is 5.41 Å². The summed E-state index contributed by atoms with van der Waals surface area (Å²) in [5, 5.41) is 0. The molecule has 1 aliphatic rings. The Labute approximate surface area is 103 Å². The minimum Gasteiger partial charge on any atom is -0.0642 e. The summed E-state index contributed by atoms with van der Waals surface area (Å²) >= 11 is 0. The summed E-state index contributed by atoms with van der Waals surface area (Å²) in [6.07, 6.45) is 2.24. The number of hydrogen-bond acceptors (Lipinski definition) is 0. The van der Waals surface area contributed by atoms with Crippen LogP contribution in [0.4, 0.5) is 0 Å². The van der Waals surface area contributed by atoms with Crippen molar-refractivity contribution in [1.82, 2.24) is 0 Å². The Bertz CT molecular complexity index is 506. The zero-order valence-electron chi connectivity index (χ0n) is 10.5. The summed E-state index contributed by atoms with van der Waals surface area (Å²) in [4.78, 5) is 0. The molecule has 0 saturated heterocycles. The SMILES string of the molecule is CCC1(C)c2ccccc2Cc2ccccc21. The molecule has 3 rings (SSSR count). The summed E-state index contributed by atoms with van der Waals surface area (Å²) in [6.45, 7) is 4.67. The van der Waals surface area contributed by atoms with E-state index < -0.39 is 0 Å². The van der Waals surface area contributed by atoms with Gasteiger partial charge in [-0.25, -0.2) is 0 Å². The van der Waals surface area contributed by atoms with Crippen molar-refractivity contribution in [3.8, 4) is 0 Å². The second-order valence-electron chi connectivity index (χ2n) is 5.18. The largest absolute Gasteiger partial charge is 0.0642 e. The van der Waals surface area contributed by atoms with Crippen LogP contribution in [0, 0.1) is 0 Å². The Hall–Kier alpha value is -1.56. The van der Waals surface area contributed by atoms with Crippen molar-refractivity contribution in [1.29, 1.82) is 0 Å². The van der Waals surface area contributed by atoms with Crippen LogP contribution < -0.4 is 0 Å². The molecule has 0 heteroatoms. The summed E-state index contributed by atoms with van der Waals surface area (Å²) < 4.78 is 0. The van der Waals surface area contributed by atoms with Gasteiger partial charge in [0.15, 0.2) is 0 Å². The third kappa shape index (κ3) is 1.44. The molecule has 0 heterocycles. The molecule has 1 aliphatic carbocycles. The van der Waals surface area contributed by atoms with Gasteiger partial charge in [-0.2, -0.15) is 0 Å².